The van der Waals surface area contributed by atoms with Gasteiger partial charge in [-0.3, -0.25) is 9.89 Å². The van der Waals surface area contributed by atoms with Crippen LogP contribution in [0.25, 0.3) is 11.0 Å². The summed E-state index contributed by atoms with van der Waals surface area (Å²) in [7, 11) is 0. The van der Waals surface area contributed by atoms with Gasteiger partial charge in [-0.1, -0.05) is 40.5 Å². The van der Waals surface area contributed by atoms with E-state index in [2.05, 4.69) is 20.5 Å². The van der Waals surface area contributed by atoms with E-state index in [0.717, 1.165) is 0 Å². The molecule has 6 nitrogen and oxygen atoms in total. The third kappa shape index (κ3) is 2.07. The lowest BCUT2D eigenvalue weighted by Gasteiger charge is -2.06. The molecule has 20 heavy (non-hydrogen) atoms. The van der Waals surface area contributed by atoms with Crippen LogP contribution in [0.2, 0.25) is 10.0 Å². The van der Waals surface area contributed by atoms with Gasteiger partial charge in [-0.2, -0.15) is 5.10 Å². The Balaban J connectivity index is 2.09. The molecule has 0 amide bonds. The number of H-pyrrole nitrogens is 1. The van der Waals surface area contributed by atoms with Crippen molar-refractivity contribution in [2.45, 2.75) is 13.5 Å². The molecule has 3 aromatic rings. The van der Waals surface area contributed by atoms with Crippen LogP contribution in [0.15, 0.2) is 23.0 Å². The van der Waals surface area contributed by atoms with Crippen molar-refractivity contribution in [1.29, 1.82) is 0 Å². The molecule has 0 aliphatic rings. The highest BCUT2D eigenvalue weighted by atomic mass is 35.5. The summed E-state index contributed by atoms with van der Waals surface area (Å²) in [6.45, 7) is 1.97. The van der Waals surface area contributed by atoms with E-state index in [-0.39, 0.29) is 17.6 Å². The molecule has 0 saturated carbocycles. The van der Waals surface area contributed by atoms with Gasteiger partial charge in [-0.25, -0.2) is 4.68 Å². The summed E-state index contributed by atoms with van der Waals surface area (Å²) in [6, 6.07) is 5.23. The molecule has 0 fully saturated rings. The molecule has 0 radical (unpaired) electrons. The van der Waals surface area contributed by atoms with Crippen LogP contribution in [0.3, 0.4) is 0 Å². The fourth-order valence-electron chi connectivity index (χ4n) is 1.89. The van der Waals surface area contributed by atoms with Crippen molar-refractivity contribution in [2.75, 3.05) is 0 Å². The molecule has 102 valence electrons. The maximum atomic E-state index is 12.2. The highest BCUT2D eigenvalue weighted by molar-refractivity contribution is 6.42. The minimum Gasteiger partial charge on any atom is -0.280 e. The van der Waals surface area contributed by atoms with Gasteiger partial charge in [0.15, 0.2) is 5.52 Å². The predicted octanol–water partition coefficient (Wildman–Crippen LogP) is 2.18. The number of nitrogens with zero attached hydrogens (tertiary/aromatic N) is 4. The van der Waals surface area contributed by atoms with Crippen LogP contribution in [-0.2, 0) is 6.54 Å². The van der Waals surface area contributed by atoms with Gasteiger partial charge in [0.25, 0.3) is 5.56 Å². The van der Waals surface area contributed by atoms with Gasteiger partial charge in [0, 0.05) is 0 Å². The van der Waals surface area contributed by atoms with Crippen LogP contribution >= 0.6 is 23.2 Å². The molecule has 2 heterocycles. The Morgan fingerprint density at radius 1 is 1.30 bits per heavy atom. The minimum absolute atomic E-state index is 0.188. The Kier molecular flexibility index (Phi) is 3.19. The molecule has 0 aliphatic carbocycles. The molecule has 1 aromatic carbocycles. The normalized spacial score (nSPS) is 11.2. The second kappa shape index (κ2) is 4.88. The number of nitrogens with one attached hydrogen (secondary N) is 1. The van der Waals surface area contributed by atoms with Gasteiger partial charge in [0.2, 0.25) is 0 Å². The third-order valence-electron chi connectivity index (χ3n) is 2.96. The van der Waals surface area contributed by atoms with Crippen LogP contribution in [0.5, 0.6) is 0 Å². The number of aromatic amines is 1. The van der Waals surface area contributed by atoms with Gasteiger partial charge in [-0.15, -0.1) is 5.10 Å². The van der Waals surface area contributed by atoms with Crippen molar-refractivity contribution in [2.24, 2.45) is 0 Å². The lowest BCUT2D eigenvalue weighted by Crippen LogP contribution is -2.25. The van der Waals surface area contributed by atoms with Crippen LogP contribution in [0.4, 0.5) is 0 Å². The lowest BCUT2D eigenvalue weighted by atomic mass is 10.2. The van der Waals surface area contributed by atoms with E-state index >= 15 is 0 Å². The highest BCUT2D eigenvalue weighted by Gasteiger charge is 2.12. The first-order valence-electron chi connectivity index (χ1n) is 5.79. The molecule has 0 unspecified atom stereocenters. The van der Waals surface area contributed by atoms with Crippen LogP contribution in [-0.4, -0.2) is 25.2 Å². The average molecular weight is 310 g/mol. The Labute approximate surface area is 123 Å². The Hall–Kier alpha value is -1.92. The first kappa shape index (κ1) is 13.1. The number of halogens is 2. The summed E-state index contributed by atoms with van der Waals surface area (Å²) in [6.07, 6.45) is 0. The van der Waals surface area contributed by atoms with Crippen molar-refractivity contribution in [3.63, 3.8) is 0 Å². The summed E-state index contributed by atoms with van der Waals surface area (Å²) in [5.41, 5.74) is 1.81. The number of hydrogen-bond donors (Lipinski definition) is 1. The number of fused-ring (bicyclic) bond motifs is 1. The van der Waals surface area contributed by atoms with E-state index in [1.807, 2.05) is 0 Å². The molecule has 0 aliphatic heterocycles. The first-order chi connectivity index (χ1) is 9.58. The summed E-state index contributed by atoms with van der Waals surface area (Å²) in [5.74, 6) is 0. The molecule has 0 spiro atoms. The van der Waals surface area contributed by atoms with Gasteiger partial charge < -0.3 is 0 Å². The van der Waals surface area contributed by atoms with E-state index < -0.39 is 0 Å². The number of benzene rings is 1. The van der Waals surface area contributed by atoms with Crippen molar-refractivity contribution in [3.05, 3.63) is 49.9 Å². The SMILES string of the molecule is Cc1[nH]nc2c(=O)n(Cc3cccc(Cl)c3Cl)nnc12. The molecule has 8 heteroatoms. The number of rotatable bonds is 2. The first-order valence-corrected chi connectivity index (χ1v) is 6.55. The zero-order valence-electron chi connectivity index (χ0n) is 10.4. The van der Waals surface area contributed by atoms with Crippen molar-refractivity contribution >= 4 is 34.2 Å². The monoisotopic (exact) mass is 309 g/mol. The molecular weight excluding hydrogens is 301 g/mol. The lowest BCUT2D eigenvalue weighted by molar-refractivity contribution is 0.600. The van der Waals surface area contributed by atoms with Crippen molar-refractivity contribution < 1.29 is 0 Å². The average Bonchev–Trinajstić information content (AvgIpc) is 2.80. The topological polar surface area (TPSA) is 76.5 Å². The van der Waals surface area contributed by atoms with E-state index in [4.69, 9.17) is 23.2 Å². The van der Waals surface area contributed by atoms with Crippen LogP contribution in [0, 0.1) is 6.92 Å². The smallest absolute Gasteiger partial charge is 0.280 e. The molecule has 1 N–H and O–H groups in total. The highest BCUT2D eigenvalue weighted by Crippen LogP contribution is 2.25. The minimum atomic E-state index is -0.324. The Bertz CT molecular complexity index is 855. The maximum Gasteiger partial charge on any atom is 0.298 e. The summed E-state index contributed by atoms with van der Waals surface area (Å²) in [5, 5.41) is 15.4. The molecule has 0 saturated heterocycles. The molecule has 0 bridgehead atoms. The Morgan fingerprint density at radius 3 is 2.90 bits per heavy atom. The van der Waals surface area contributed by atoms with E-state index in [1.165, 1.54) is 4.68 Å². The van der Waals surface area contributed by atoms with Crippen molar-refractivity contribution in [3.8, 4) is 0 Å². The van der Waals surface area contributed by atoms with E-state index in [0.29, 0.717) is 26.8 Å². The summed E-state index contributed by atoms with van der Waals surface area (Å²) >= 11 is 12.0. The predicted molar refractivity (Wildman–Crippen MR) is 76.2 cm³/mol. The fourth-order valence-corrected chi connectivity index (χ4v) is 2.27. The van der Waals surface area contributed by atoms with Gasteiger partial charge in [-0.05, 0) is 18.6 Å². The molecule has 3 rings (SSSR count). The maximum absolute atomic E-state index is 12.2. The second-order valence-electron chi connectivity index (χ2n) is 4.31. The summed E-state index contributed by atoms with van der Waals surface area (Å²) in [4.78, 5) is 12.2. The van der Waals surface area contributed by atoms with Crippen LogP contribution in [0.1, 0.15) is 11.3 Å². The van der Waals surface area contributed by atoms with Gasteiger partial charge in [0.05, 0.1) is 22.3 Å². The Morgan fingerprint density at radius 2 is 2.10 bits per heavy atom. The number of hydrogen-bond acceptors (Lipinski definition) is 4. The van der Waals surface area contributed by atoms with E-state index in [1.54, 1.807) is 25.1 Å². The van der Waals surface area contributed by atoms with Gasteiger partial charge >= 0.3 is 0 Å². The number of aryl methyl sites for hydroxylation is 1. The quantitative estimate of drug-likeness (QED) is 0.787. The standard InChI is InChI=1S/C12H9Cl2N5O/c1-6-10-11(16-15-6)12(20)19(18-17-10)5-7-3-2-4-8(13)9(7)14/h2-4H,5H2,1H3,(H,15,16). The second-order valence-corrected chi connectivity index (χ2v) is 5.10. The zero-order valence-corrected chi connectivity index (χ0v) is 11.9. The van der Waals surface area contributed by atoms with Crippen LogP contribution < -0.4 is 5.56 Å². The molecular formula is C12H9Cl2N5O. The zero-order chi connectivity index (χ0) is 14.3. The fraction of sp³-hybridized carbons (Fsp3) is 0.167. The summed E-state index contributed by atoms with van der Waals surface area (Å²) < 4.78 is 1.21. The van der Waals surface area contributed by atoms with Crippen molar-refractivity contribution in [1.82, 2.24) is 25.2 Å². The third-order valence-corrected chi connectivity index (χ3v) is 3.81. The molecule has 0 atom stereocenters. The molecule has 2 aromatic heterocycles. The van der Waals surface area contributed by atoms with Gasteiger partial charge in [0.1, 0.15) is 5.52 Å². The number of aromatic nitrogens is 5. The largest absolute Gasteiger partial charge is 0.298 e. The van der Waals surface area contributed by atoms with E-state index in [9.17, 15) is 4.79 Å².